The highest BCUT2D eigenvalue weighted by Crippen LogP contribution is 2.23. The molecule has 6 nitrogen and oxygen atoms in total. The molecule has 6 heteroatoms. The number of carboxylic acid groups (broad SMARTS) is 1. The zero-order chi connectivity index (χ0) is 12.8. The number of nitrogens with one attached hydrogen (secondary N) is 1. The predicted octanol–water partition coefficient (Wildman–Crippen LogP) is 0.230. The number of carbonyl (C=O) groups is 2. The molecule has 17 heavy (non-hydrogen) atoms. The van der Waals surface area contributed by atoms with Crippen LogP contribution in [0, 0.1) is 5.92 Å². The number of nitrogens with two attached hydrogens (primary N) is 1. The summed E-state index contributed by atoms with van der Waals surface area (Å²) in [6.07, 6.45) is 2.41. The van der Waals surface area contributed by atoms with Gasteiger partial charge in [-0.3, -0.25) is 0 Å². The number of hydrogen-bond acceptors (Lipinski definition) is 3. The molecule has 0 radical (unpaired) electrons. The van der Waals surface area contributed by atoms with Crippen LogP contribution in [0.15, 0.2) is 0 Å². The predicted molar refractivity (Wildman–Crippen MR) is 63.6 cm³/mol. The van der Waals surface area contributed by atoms with Gasteiger partial charge in [-0.25, -0.2) is 9.59 Å². The van der Waals surface area contributed by atoms with E-state index >= 15 is 0 Å². The van der Waals surface area contributed by atoms with Crippen molar-refractivity contribution in [3.05, 3.63) is 0 Å². The third kappa shape index (κ3) is 3.59. The average Bonchev–Trinajstić information content (AvgIpc) is 2.28. The molecular formula is C11H21N3O3. The van der Waals surface area contributed by atoms with E-state index < -0.39 is 12.0 Å². The molecule has 2 unspecified atom stereocenters. The van der Waals surface area contributed by atoms with E-state index in [1.807, 2.05) is 6.92 Å². The number of rotatable bonds is 4. The number of piperidine rings is 1. The minimum absolute atomic E-state index is 0.00140. The van der Waals surface area contributed by atoms with E-state index in [1.165, 1.54) is 4.90 Å². The Morgan fingerprint density at radius 1 is 1.53 bits per heavy atom. The fourth-order valence-electron chi connectivity index (χ4n) is 2.19. The van der Waals surface area contributed by atoms with E-state index in [9.17, 15) is 9.59 Å². The molecule has 0 aromatic heterocycles. The zero-order valence-corrected chi connectivity index (χ0v) is 10.2. The maximum atomic E-state index is 11.8. The maximum absolute atomic E-state index is 11.8. The average molecular weight is 243 g/mol. The summed E-state index contributed by atoms with van der Waals surface area (Å²) >= 11 is 0. The third-order valence-corrected chi connectivity index (χ3v) is 3.10. The maximum Gasteiger partial charge on any atom is 0.326 e. The lowest BCUT2D eigenvalue weighted by molar-refractivity contribution is -0.145. The summed E-state index contributed by atoms with van der Waals surface area (Å²) in [6, 6.07) is -1.00. The minimum Gasteiger partial charge on any atom is -0.480 e. The second-order valence-corrected chi connectivity index (χ2v) is 4.47. The van der Waals surface area contributed by atoms with E-state index in [2.05, 4.69) is 5.32 Å². The Bertz CT molecular complexity index is 283. The fourth-order valence-corrected chi connectivity index (χ4v) is 2.19. The van der Waals surface area contributed by atoms with Gasteiger partial charge in [0.1, 0.15) is 6.04 Å². The van der Waals surface area contributed by atoms with Crippen LogP contribution in [0.5, 0.6) is 0 Å². The summed E-state index contributed by atoms with van der Waals surface area (Å²) in [6.45, 7) is 3.39. The molecule has 1 aliphatic rings. The number of carbonyl (C=O) groups excluding carboxylic acids is 1. The van der Waals surface area contributed by atoms with Gasteiger partial charge in [0.15, 0.2) is 0 Å². The molecule has 1 rings (SSSR count). The molecule has 1 aliphatic heterocycles. The molecule has 0 aromatic carbocycles. The summed E-state index contributed by atoms with van der Waals surface area (Å²) < 4.78 is 0. The number of likely N-dealkylation sites (tertiary alicyclic amines) is 1. The smallest absolute Gasteiger partial charge is 0.326 e. The molecule has 0 aromatic rings. The summed E-state index contributed by atoms with van der Waals surface area (Å²) in [5.41, 5.74) is 5.33. The Hall–Kier alpha value is -1.30. The molecule has 4 N–H and O–H groups in total. The van der Waals surface area contributed by atoms with Crippen molar-refractivity contribution in [1.82, 2.24) is 10.2 Å². The molecule has 1 saturated heterocycles. The molecule has 0 saturated carbocycles. The van der Waals surface area contributed by atoms with E-state index in [0.717, 1.165) is 12.8 Å². The van der Waals surface area contributed by atoms with Crippen molar-refractivity contribution in [3.63, 3.8) is 0 Å². The lowest BCUT2D eigenvalue weighted by Crippen LogP contribution is -2.55. The highest BCUT2D eigenvalue weighted by Gasteiger charge is 2.36. The van der Waals surface area contributed by atoms with Crippen molar-refractivity contribution in [2.24, 2.45) is 11.7 Å². The van der Waals surface area contributed by atoms with Crippen LogP contribution in [-0.2, 0) is 4.79 Å². The van der Waals surface area contributed by atoms with Crippen molar-refractivity contribution in [2.75, 3.05) is 19.6 Å². The van der Waals surface area contributed by atoms with Crippen molar-refractivity contribution in [3.8, 4) is 0 Å². The largest absolute Gasteiger partial charge is 0.480 e. The van der Waals surface area contributed by atoms with Crippen LogP contribution >= 0.6 is 0 Å². The van der Waals surface area contributed by atoms with Gasteiger partial charge in [0, 0.05) is 13.1 Å². The molecule has 98 valence electrons. The third-order valence-electron chi connectivity index (χ3n) is 3.10. The Balaban J connectivity index is 2.59. The van der Waals surface area contributed by atoms with E-state index in [1.54, 1.807) is 0 Å². The van der Waals surface area contributed by atoms with Crippen LogP contribution in [0.2, 0.25) is 0 Å². The first-order valence-corrected chi connectivity index (χ1v) is 6.05. The van der Waals surface area contributed by atoms with Gasteiger partial charge in [-0.15, -0.1) is 0 Å². The molecule has 2 amide bonds. The Morgan fingerprint density at radius 2 is 2.24 bits per heavy atom. The standard InChI is InChI=1S/C11H21N3O3/c1-8-4-2-7-14(9(8)10(15)16)11(17)13-6-3-5-12/h8-9H,2-7,12H2,1H3,(H,13,17)(H,15,16). The number of aliphatic carboxylic acids is 1. The molecule has 0 bridgehead atoms. The van der Waals surface area contributed by atoms with Crippen LogP contribution in [-0.4, -0.2) is 47.7 Å². The lowest BCUT2D eigenvalue weighted by atomic mass is 9.91. The second-order valence-electron chi connectivity index (χ2n) is 4.47. The summed E-state index contributed by atoms with van der Waals surface area (Å²) in [4.78, 5) is 24.4. The Morgan fingerprint density at radius 3 is 2.82 bits per heavy atom. The van der Waals surface area contributed by atoms with Crippen LogP contribution < -0.4 is 11.1 Å². The number of amides is 2. The van der Waals surface area contributed by atoms with Gasteiger partial charge in [-0.2, -0.15) is 0 Å². The summed E-state index contributed by atoms with van der Waals surface area (Å²) in [7, 11) is 0. The molecule has 1 fully saturated rings. The fraction of sp³-hybridized carbons (Fsp3) is 0.818. The summed E-state index contributed by atoms with van der Waals surface area (Å²) in [5.74, 6) is -0.923. The van der Waals surface area contributed by atoms with Gasteiger partial charge in [0.05, 0.1) is 0 Å². The molecule has 1 heterocycles. The van der Waals surface area contributed by atoms with Crippen molar-refractivity contribution < 1.29 is 14.7 Å². The first-order valence-electron chi connectivity index (χ1n) is 6.05. The lowest BCUT2D eigenvalue weighted by Gasteiger charge is -2.37. The number of carboxylic acids is 1. The molecule has 0 spiro atoms. The van der Waals surface area contributed by atoms with Crippen LogP contribution in [0.25, 0.3) is 0 Å². The SMILES string of the molecule is CC1CCCN(C(=O)NCCCN)C1C(=O)O. The first kappa shape index (κ1) is 13.8. The highest BCUT2D eigenvalue weighted by atomic mass is 16.4. The van der Waals surface area contributed by atoms with E-state index in [4.69, 9.17) is 10.8 Å². The number of urea groups is 1. The van der Waals surface area contributed by atoms with Crippen molar-refractivity contribution in [1.29, 1.82) is 0 Å². The van der Waals surface area contributed by atoms with Gasteiger partial charge in [-0.1, -0.05) is 6.92 Å². The second kappa shape index (κ2) is 6.44. The Labute approximate surface area is 101 Å². The number of nitrogens with zero attached hydrogens (tertiary/aromatic N) is 1. The van der Waals surface area contributed by atoms with E-state index in [0.29, 0.717) is 26.1 Å². The monoisotopic (exact) mass is 243 g/mol. The van der Waals surface area contributed by atoms with Gasteiger partial charge < -0.3 is 21.1 Å². The number of hydrogen-bond donors (Lipinski definition) is 3. The van der Waals surface area contributed by atoms with Crippen LogP contribution in [0.4, 0.5) is 4.79 Å². The Kier molecular flexibility index (Phi) is 5.21. The van der Waals surface area contributed by atoms with Gasteiger partial charge in [0.2, 0.25) is 0 Å². The van der Waals surface area contributed by atoms with Crippen LogP contribution in [0.1, 0.15) is 26.2 Å². The first-order chi connectivity index (χ1) is 8.07. The van der Waals surface area contributed by atoms with E-state index in [-0.39, 0.29) is 11.9 Å². The topological polar surface area (TPSA) is 95.7 Å². The normalized spacial score (nSPS) is 24.5. The van der Waals surface area contributed by atoms with Crippen molar-refractivity contribution >= 4 is 12.0 Å². The minimum atomic E-state index is -0.925. The molecule has 2 atom stereocenters. The molecule has 0 aliphatic carbocycles. The zero-order valence-electron chi connectivity index (χ0n) is 10.2. The molecular weight excluding hydrogens is 222 g/mol. The van der Waals surface area contributed by atoms with Gasteiger partial charge >= 0.3 is 12.0 Å². The highest BCUT2D eigenvalue weighted by molar-refractivity contribution is 5.83. The van der Waals surface area contributed by atoms with Crippen molar-refractivity contribution in [2.45, 2.75) is 32.2 Å². The quantitative estimate of drug-likeness (QED) is 0.616. The van der Waals surface area contributed by atoms with Gasteiger partial charge in [0.25, 0.3) is 0 Å². The van der Waals surface area contributed by atoms with Crippen LogP contribution in [0.3, 0.4) is 0 Å². The summed E-state index contributed by atoms with van der Waals surface area (Å²) in [5, 5.41) is 11.9. The van der Waals surface area contributed by atoms with Gasteiger partial charge in [-0.05, 0) is 31.7 Å².